The van der Waals surface area contributed by atoms with Gasteiger partial charge in [-0.3, -0.25) is 4.79 Å². The number of amides is 1. The average molecular weight is 282 g/mol. The van der Waals surface area contributed by atoms with Gasteiger partial charge in [0.15, 0.2) is 5.76 Å². The summed E-state index contributed by atoms with van der Waals surface area (Å²) < 4.78 is 5.53. The van der Waals surface area contributed by atoms with E-state index < -0.39 is 6.10 Å². The lowest BCUT2D eigenvalue weighted by Gasteiger charge is -2.08. The summed E-state index contributed by atoms with van der Waals surface area (Å²) in [6.07, 6.45) is 0.0534. The van der Waals surface area contributed by atoms with Crippen molar-refractivity contribution in [2.24, 2.45) is 0 Å². The molecule has 1 aromatic carbocycles. The van der Waals surface area contributed by atoms with E-state index in [1.54, 1.807) is 18.2 Å². The third-order valence-corrected chi connectivity index (χ3v) is 3.31. The number of furan rings is 1. The van der Waals surface area contributed by atoms with Crippen molar-refractivity contribution in [1.82, 2.24) is 5.32 Å². The molecule has 4 nitrogen and oxygen atoms in total. The van der Waals surface area contributed by atoms with E-state index in [1.807, 2.05) is 13.8 Å². The van der Waals surface area contributed by atoms with Crippen LogP contribution in [0, 0.1) is 6.92 Å². The summed E-state index contributed by atoms with van der Waals surface area (Å²) in [5.41, 5.74) is 1.38. The maximum absolute atomic E-state index is 12.0. The van der Waals surface area contributed by atoms with E-state index in [2.05, 4.69) is 5.32 Å². The molecule has 2 N–H and O–H groups in total. The van der Waals surface area contributed by atoms with E-state index in [0.29, 0.717) is 17.0 Å². The molecule has 0 radical (unpaired) electrons. The monoisotopic (exact) mass is 281 g/mol. The molecule has 1 aromatic heterocycles. The number of carbonyl (C=O) groups excluding carboxylic acids is 1. The van der Waals surface area contributed by atoms with Gasteiger partial charge in [0.25, 0.3) is 5.91 Å². The Hall–Kier alpha value is -1.52. The second-order valence-corrected chi connectivity index (χ2v) is 4.91. The predicted octanol–water partition coefficient (Wildman–Crippen LogP) is 2.90. The van der Waals surface area contributed by atoms with E-state index in [-0.39, 0.29) is 18.2 Å². The van der Waals surface area contributed by atoms with Crippen molar-refractivity contribution in [3.63, 3.8) is 0 Å². The number of nitrogens with one attached hydrogen (secondary N) is 1. The SMILES string of the molecule is CCC(O)CNC(=O)c1oc2ccc(Cl)cc2c1C. The van der Waals surface area contributed by atoms with Gasteiger partial charge in [0.2, 0.25) is 0 Å². The van der Waals surface area contributed by atoms with Gasteiger partial charge in [0.05, 0.1) is 6.10 Å². The number of halogens is 1. The van der Waals surface area contributed by atoms with Crippen LogP contribution in [0.1, 0.15) is 29.5 Å². The largest absolute Gasteiger partial charge is 0.451 e. The van der Waals surface area contributed by atoms with E-state index >= 15 is 0 Å². The summed E-state index contributed by atoms with van der Waals surface area (Å²) in [5.74, 6) is -0.0575. The molecule has 19 heavy (non-hydrogen) atoms. The van der Waals surface area contributed by atoms with Crippen LogP contribution < -0.4 is 5.32 Å². The van der Waals surface area contributed by atoms with Gasteiger partial charge >= 0.3 is 0 Å². The van der Waals surface area contributed by atoms with Crippen molar-refractivity contribution in [2.45, 2.75) is 26.4 Å². The van der Waals surface area contributed by atoms with Crippen LogP contribution in [0.2, 0.25) is 5.02 Å². The van der Waals surface area contributed by atoms with Gasteiger partial charge in [-0.2, -0.15) is 0 Å². The first kappa shape index (κ1) is 13.9. The molecule has 0 aliphatic carbocycles. The summed E-state index contributed by atoms with van der Waals surface area (Å²) in [7, 11) is 0. The first-order chi connectivity index (χ1) is 9.02. The zero-order valence-corrected chi connectivity index (χ0v) is 11.6. The molecule has 0 fully saturated rings. The van der Waals surface area contributed by atoms with Crippen molar-refractivity contribution in [3.8, 4) is 0 Å². The summed E-state index contributed by atoms with van der Waals surface area (Å²) in [5, 5.41) is 13.5. The quantitative estimate of drug-likeness (QED) is 0.906. The molecule has 102 valence electrons. The number of rotatable bonds is 4. The maximum atomic E-state index is 12.0. The highest BCUT2D eigenvalue weighted by Crippen LogP contribution is 2.27. The molecule has 0 aliphatic heterocycles. The molecular weight excluding hydrogens is 266 g/mol. The third-order valence-electron chi connectivity index (χ3n) is 3.07. The Morgan fingerprint density at radius 3 is 2.95 bits per heavy atom. The minimum absolute atomic E-state index is 0.215. The van der Waals surface area contributed by atoms with E-state index in [4.69, 9.17) is 16.0 Å². The van der Waals surface area contributed by atoms with Crippen LogP contribution in [-0.4, -0.2) is 23.7 Å². The van der Waals surface area contributed by atoms with E-state index in [0.717, 1.165) is 10.9 Å². The minimum atomic E-state index is -0.539. The Morgan fingerprint density at radius 2 is 2.26 bits per heavy atom. The van der Waals surface area contributed by atoms with Crippen molar-refractivity contribution < 1.29 is 14.3 Å². The fourth-order valence-electron chi connectivity index (χ4n) is 1.84. The number of benzene rings is 1. The van der Waals surface area contributed by atoms with Gasteiger partial charge < -0.3 is 14.8 Å². The average Bonchev–Trinajstić information content (AvgIpc) is 2.73. The van der Waals surface area contributed by atoms with Crippen LogP contribution >= 0.6 is 11.6 Å². The molecule has 1 atom stereocenters. The Kier molecular flexibility index (Phi) is 4.12. The Balaban J connectivity index is 2.25. The summed E-state index contributed by atoms with van der Waals surface area (Å²) in [4.78, 5) is 12.0. The van der Waals surface area contributed by atoms with Gasteiger partial charge in [0, 0.05) is 22.5 Å². The molecule has 1 amide bonds. The van der Waals surface area contributed by atoms with Crippen molar-refractivity contribution in [3.05, 3.63) is 34.5 Å². The molecular formula is C14H16ClNO3. The van der Waals surface area contributed by atoms with Gasteiger partial charge in [0.1, 0.15) is 5.58 Å². The van der Waals surface area contributed by atoms with Crippen LogP contribution in [0.15, 0.2) is 22.6 Å². The summed E-state index contributed by atoms with van der Waals surface area (Å²) >= 11 is 5.93. The fourth-order valence-corrected chi connectivity index (χ4v) is 2.02. The van der Waals surface area contributed by atoms with Gasteiger partial charge in [-0.05, 0) is 31.5 Å². The van der Waals surface area contributed by atoms with Crippen molar-refractivity contribution in [1.29, 1.82) is 0 Å². The van der Waals surface area contributed by atoms with Crippen LogP contribution in [0.3, 0.4) is 0 Å². The Morgan fingerprint density at radius 1 is 1.53 bits per heavy atom. The lowest BCUT2D eigenvalue weighted by molar-refractivity contribution is 0.0888. The Labute approximate surface area is 116 Å². The number of aliphatic hydroxyl groups is 1. The first-order valence-corrected chi connectivity index (χ1v) is 6.55. The summed E-state index contributed by atoms with van der Waals surface area (Å²) in [6, 6.07) is 5.23. The highest BCUT2D eigenvalue weighted by Gasteiger charge is 2.18. The molecule has 0 spiro atoms. The normalized spacial score (nSPS) is 12.6. The van der Waals surface area contributed by atoms with E-state index in [9.17, 15) is 9.90 Å². The van der Waals surface area contributed by atoms with Crippen molar-refractivity contribution in [2.75, 3.05) is 6.54 Å². The lowest BCUT2D eigenvalue weighted by atomic mass is 10.1. The number of aryl methyl sites for hydroxylation is 1. The third kappa shape index (κ3) is 2.91. The zero-order chi connectivity index (χ0) is 14.0. The molecule has 0 bridgehead atoms. The van der Waals surface area contributed by atoms with Crippen LogP contribution in [0.5, 0.6) is 0 Å². The van der Waals surface area contributed by atoms with Gasteiger partial charge in [-0.1, -0.05) is 18.5 Å². The molecule has 0 aliphatic rings. The topological polar surface area (TPSA) is 62.5 Å². The minimum Gasteiger partial charge on any atom is -0.451 e. The number of carbonyl (C=O) groups is 1. The molecule has 2 rings (SSSR count). The van der Waals surface area contributed by atoms with E-state index in [1.165, 1.54) is 0 Å². The van der Waals surface area contributed by atoms with Crippen LogP contribution in [0.25, 0.3) is 11.0 Å². The molecule has 0 saturated carbocycles. The second kappa shape index (κ2) is 5.63. The number of aliphatic hydroxyl groups excluding tert-OH is 1. The number of hydrogen-bond acceptors (Lipinski definition) is 3. The maximum Gasteiger partial charge on any atom is 0.287 e. The smallest absolute Gasteiger partial charge is 0.287 e. The predicted molar refractivity (Wildman–Crippen MR) is 74.6 cm³/mol. The molecule has 1 unspecified atom stereocenters. The van der Waals surface area contributed by atoms with Crippen molar-refractivity contribution >= 4 is 28.5 Å². The molecule has 1 heterocycles. The lowest BCUT2D eigenvalue weighted by Crippen LogP contribution is -2.31. The highest BCUT2D eigenvalue weighted by atomic mass is 35.5. The number of fused-ring (bicyclic) bond motifs is 1. The molecule has 2 aromatic rings. The van der Waals surface area contributed by atoms with Gasteiger partial charge in [-0.25, -0.2) is 0 Å². The molecule has 5 heteroatoms. The second-order valence-electron chi connectivity index (χ2n) is 4.47. The molecule has 0 saturated heterocycles. The standard InChI is InChI=1S/C14H16ClNO3/c1-3-10(17)7-16-14(18)13-8(2)11-6-9(15)4-5-12(11)19-13/h4-6,10,17H,3,7H2,1-2H3,(H,16,18). The highest BCUT2D eigenvalue weighted by molar-refractivity contribution is 6.31. The van der Waals surface area contributed by atoms with Crippen LogP contribution in [-0.2, 0) is 0 Å². The zero-order valence-electron chi connectivity index (χ0n) is 10.9. The Bertz CT molecular complexity index is 606. The summed E-state index contributed by atoms with van der Waals surface area (Å²) in [6.45, 7) is 3.88. The van der Waals surface area contributed by atoms with Crippen LogP contribution in [0.4, 0.5) is 0 Å². The van der Waals surface area contributed by atoms with Gasteiger partial charge in [-0.15, -0.1) is 0 Å². The first-order valence-electron chi connectivity index (χ1n) is 6.17. The number of hydrogen-bond donors (Lipinski definition) is 2. The fraction of sp³-hybridized carbons (Fsp3) is 0.357.